The van der Waals surface area contributed by atoms with Gasteiger partial charge in [0.05, 0.1) is 4.92 Å². The predicted molar refractivity (Wildman–Crippen MR) is 50.1 cm³/mol. The summed E-state index contributed by atoms with van der Waals surface area (Å²) in [5, 5.41) is 10.5. The summed E-state index contributed by atoms with van der Waals surface area (Å²) in [5.74, 6) is 0. The first-order chi connectivity index (χ1) is 6.02. The van der Waals surface area contributed by atoms with Gasteiger partial charge in [-0.2, -0.15) is 0 Å². The monoisotopic (exact) mass is 181 g/mol. The Labute approximate surface area is 75.5 Å². The van der Waals surface area contributed by atoms with Crippen molar-refractivity contribution in [2.45, 2.75) is 13.0 Å². The summed E-state index contributed by atoms with van der Waals surface area (Å²) in [4.78, 5) is 9.97. The fourth-order valence-corrected chi connectivity index (χ4v) is 1.00. The molecule has 1 rings (SSSR count). The highest BCUT2D eigenvalue weighted by molar-refractivity contribution is 5.59. The van der Waals surface area contributed by atoms with Gasteiger partial charge in [0.25, 0.3) is 5.69 Å². The second-order valence-corrected chi connectivity index (χ2v) is 2.86. The van der Waals surface area contributed by atoms with Crippen molar-refractivity contribution < 1.29 is 4.92 Å². The molecular weight excluding hydrogens is 170 g/mol. The molecule has 0 spiro atoms. The van der Waals surface area contributed by atoms with Crippen LogP contribution in [0.3, 0.4) is 0 Å². The molecule has 1 aromatic carbocycles. The van der Waals surface area contributed by atoms with Gasteiger partial charge in [-0.1, -0.05) is 6.07 Å². The van der Waals surface area contributed by atoms with E-state index in [-0.39, 0.29) is 17.4 Å². The second-order valence-electron chi connectivity index (χ2n) is 2.86. The van der Waals surface area contributed by atoms with Gasteiger partial charge >= 0.3 is 0 Å². The molecule has 5 heteroatoms. The zero-order valence-corrected chi connectivity index (χ0v) is 7.23. The minimum absolute atomic E-state index is 0.0881. The van der Waals surface area contributed by atoms with E-state index in [0.717, 1.165) is 0 Å². The molecule has 0 saturated carbocycles. The lowest BCUT2D eigenvalue weighted by atomic mass is 10.1. The Bertz CT molecular complexity index is 336. The Hall–Kier alpha value is -1.62. The van der Waals surface area contributed by atoms with Gasteiger partial charge in [-0.3, -0.25) is 10.1 Å². The summed E-state index contributed by atoms with van der Waals surface area (Å²) in [6, 6.07) is 4.36. The maximum atomic E-state index is 10.5. The van der Waals surface area contributed by atoms with Crippen LogP contribution in [0.2, 0.25) is 0 Å². The van der Waals surface area contributed by atoms with E-state index in [1.165, 1.54) is 12.1 Å². The van der Waals surface area contributed by atoms with E-state index in [1.807, 2.05) is 0 Å². The van der Waals surface area contributed by atoms with Crippen LogP contribution in [-0.4, -0.2) is 4.92 Å². The van der Waals surface area contributed by atoms with Crippen molar-refractivity contribution in [3.05, 3.63) is 33.9 Å². The molecule has 0 amide bonds. The lowest BCUT2D eigenvalue weighted by Crippen LogP contribution is -2.06. The van der Waals surface area contributed by atoms with Crippen molar-refractivity contribution in [3.63, 3.8) is 0 Å². The molecule has 0 aliphatic heterocycles. The topological polar surface area (TPSA) is 95.2 Å². The summed E-state index contributed by atoms with van der Waals surface area (Å²) in [7, 11) is 0. The maximum absolute atomic E-state index is 10.5. The largest absolute Gasteiger partial charge is 0.393 e. The highest BCUT2D eigenvalue weighted by Gasteiger charge is 2.12. The highest BCUT2D eigenvalue weighted by Crippen LogP contribution is 2.24. The van der Waals surface area contributed by atoms with E-state index in [9.17, 15) is 10.1 Å². The fraction of sp³-hybridized carbons (Fsp3) is 0.250. The average Bonchev–Trinajstić information content (AvgIpc) is 2.04. The number of nitrogens with zero attached hydrogens (tertiary/aromatic N) is 1. The molecular formula is C8H11N3O2. The fourth-order valence-electron chi connectivity index (χ4n) is 1.00. The number of nitrogen functional groups attached to an aromatic ring is 1. The molecule has 0 heterocycles. The number of benzene rings is 1. The van der Waals surface area contributed by atoms with Crippen LogP contribution in [0, 0.1) is 10.1 Å². The molecule has 70 valence electrons. The first-order valence-corrected chi connectivity index (χ1v) is 3.81. The third-order valence-electron chi connectivity index (χ3n) is 1.78. The smallest absolute Gasteiger partial charge is 0.292 e. The van der Waals surface area contributed by atoms with Crippen LogP contribution in [-0.2, 0) is 0 Å². The van der Waals surface area contributed by atoms with Gasteiger partial charge in [0.15, 0.2) is 0 Å². The Balaban J connectivity index is 3.19. The maximum Gasteiger partial charge on any atom is 0.292 e. The first-order valence-electron chi connectivity index (χ1n) is 3.81. The van der Waals surface area contributed by atoms with Crippen molar-refractivity contribution in [1.29, 1.82) is 0 Å². The average molecular weight is 181 g/mol. The van der Waals surface area contributed by atoms with Crippen molar-refractivity contribution >= 4 is 11.4 Å². The number of hydrogen-bond donors (Lipinski definition) is 2. The van der Waals surface area contributed by atoms with E-state index < -0.39 is 4.92 Å². The molecule has 0 radical (unpaired) electrons. The van der Waals surface area contributed by atoms with Crippen molar-refractivity contribution in [2.24, 2.45) is 5.73 Å². The Kier molecular flexibility index (Phi) is 2.48. The van der Waals surface area contributed by atoms with Crippen molar-refractivity contribution in [1.82, 2.24) is 0 Å². The minimum Gasteiger partial charge on any atom is -0.393 e. The summed E-state index contributed by atoms with van der Waals surface area (Å²) in [6.07, 6.45) is 0. The molecule has 0 fully saturated rings. The van der Waals surface area contributed by atoms with Crippen molar-refractivity contribution in [2.75, 3.05) is 5.73 Å². The van der Waals surface area contributed by atoms with Gasteiger partial charge in [-0.05, 0) is 18.6 Å². The van der Waals surface area contributed by atoms with Gasteiger partial charge < -0.3 is 11.5 Å². The van der Waals surface area contributed by atoms with E-state index in [4.69, 9.17) is 11.5 Å². The quantitative estimate of drug-likeness (QED) is 0.407. The van der Waals surface area contributed by atoms with Crippen LogP contribution >= 0.6 is 0 Å². The van der Waals surface area contributed by atoms with E-state index in [1.54, 1.807) is 13.0 Å². The number of nitro benzene ring substituents is 1. The molecule has 0 aliphatic carbocycles. The zero-order chi connectivity index (χ0) is 10.0. The lowest BCUT2D eigenvalue weighted by Gasteiger charge is -2.05. The number of nitrogens with two attached hydrogens (primary N) is 2. The number of nitro groups is 1. The standard InChI is InChI=1S/C8H11N3O2/c1-5(9)6-2-3-7(10)8(4-6)11(12)13/h2-5H,9-10H2,1H3/t5-/m1/s1. The van der Waals surface area contributed by atoms with E-state index in [0.29, 0.717) is 5.56 Å². The van der Waals surface area contributed by atoms with Gasteiger partial charge in [-0.25, -0.2) is 0 Å². The first kappa shape index (κ1) is 9.47. The van der Waals surface area contributed by atoms with Crippen LogP contribution in [0.4, 0.5) is 11.4 Å². The SMILES string of the molecule is C[C@@H](N)c1ccc(N)c([N+](=O)[O-])c1. The van der Waals surface area contributed by atoms with E-state index in [2.05, 4.69) is 0 Å². The molecule has 5 nitrogen and oxygen atoms in total. The van der Waals surface area contributed by atoms with Crippen LogP contribution in [0.15, 0.2) is 18.2 Å². The number of anilines is 1. The summed E-state index contributed by atoms with van der Waals surface area (Å²) < 4.78 is 0. The molecule has 13 heavy (non-hydrogen) atoms. The summed E-state index contributed by atoms with van der Waals surface area (Å²) in [5.41, 5.74) is 11.8. The molecule has 0 aromatic heterocycles. The third kappa shape index (κ3) is 1.94. The zero-order valence-electron chi connectivity index (χ0n) is 7.23. The second kappa shape index (κ2) is 3.40. The van der Waals surface area contributed by atoms with Gasteiger partial charge in [0.2, 0.25) is 0 Å². The van der Waals surface area contributed by atoms with Gasteiger partial charge in [0, 0.05) is 12.1 Å². The van der Waals surface area contributed by atoms with Crippen LogP contribution in [0.25, 0.3) is 0 Å². The molecule has 0 saturated heterocycles. The number of hydrogen-bond acceptors (Lipinski definition) is 4. The Morgan fingerprint density at radius 2 is 2.15 bits per heavy atom. The van der Waals surface area contributed by atoms with Gasteiger partial charge in [0.1, 0.15) is 5.69 Å². The predicted octanol–water partition coefficient (Wildman–Crippen LogP) is 1.20. The minimum atomic E-state index is -0.513. The number of rotatable bonds is 2. The lowest BCUT2D eigenvalue weighted by molar-refractivity contribution is -0.384. The van der Waals surface area contributed by atoms with E-state index >= 15 is 0 Å². The summed E-state index contributed by atoms with van der Waals surface area (Å²) >= 11 is 0. The van der Waals surface area contributed by atoms with Crippen LogP contribution < -0.4 is 11.5 Å². The normalized spacial score (nSPS) is 12.5. The van der Waals surface area contributed by atoms with Crippen molar-refractivity contribution in [3.8, 4) is 0 Å². The van der Waals surface area contributed by atoms with Gasteiger partial charge in [-0.15, -0.1) is 0 Å². The third-order valence-corrected chi connectivity index (χ3v) is 1.78. The molecule has 1 aromatic rings. The van der Waals surface area contributed by atoms with Crippen LogP contribution in [0.1, 0.15) is 18.5 Å². The van der Waals surface area contributed by atoms with Crippen LogP contribution in [0.5, 0.6) is 0 Å². The molecule has 0 unspecified atom stereocenters. The molecule has 0 bridgehead atoms. The highest BCUT2D eigenvalue weighted by atomic mass is 16.6. The molecule has 0 aliphatic rings. The summed E-state index contributed by atoms with van der Waals surface area (Å²) in [6.45, 7) is 1.76. The Morgan fingerprint density at radius 3 is 2.62 bits per heavy atom. The Morgan fingerprint density at radius 1 is 1.54 bits per heavy atom. The molecule has 4 N–H and O–H groups in total. The molecule has 1 atom stereocenters.